The maximum Gasteiger partial charge on any atom is 0.0552 e. The predicted molar refractivity (Wildman–Crippen MR) is 91.3 cm³/mol. The first-order chi connectivity index (χ1) is 10.1. The van der Waals surface area contributed by atoms with Crippen LogP contribution in [0.4, 0.5) is 5.69 Å². The highest BCUT2D eigenvalue weighted by molar-refractivity contribution is 9.10. The van der Waals surface area contributed by atoms with Crippen molar-refractivity contribution in [3.8, 4) is 0 Å². The van der Waals surface area contributed by atoms with Crippen molar-refractivity contribution in [2.24, 2.45) is 29.4 Å². The Balaban J connectivity index is 1.67. The summed E-state index contributed by atoms with van der Waals surface area (Å²) < 4.78 is 1.15. The first-order valence-electron chi connectivity index (χ1n) is 8.34. The molecule has 3 N–H and O–H groups in total. The van der Waals surface area contributed by atoms with Gasteiger partial charge in [0, 0.05) is 16.7 Å². The smallest absolute Gasteiger partial charge is 0.0552 e. The van der Waals surface area contributed by atoms with Gasteiger partial charge in [0.25, 0.3) is 0 Å². The van der Waals surface area contributed by atoms with E-state index in [4.69, 9.17) is 5.73 Å². The van der Waals surface area contributed by atoms with Gasteiger partial charge in [0.1, 0.15) is 0 Å². The third-order valence-corrected chi connectivity index (χ3v) is 6.81. The second-order valence-corrected chi connectivity index (χ2v) is 8.61. The van der Waals surface area contributed by atoms with Crippen LogP contribution in [0.1, 0.15) is 37.7 Å². The Hall–Kier alpha value is -0.540. The Kier molecular flexibility index (Phi) is 3.34. The summed E-state index contributed by atoms with van der Waals surface area (Å²) in [6, 6.07) is 6.62. The zero-order chi connectivity index (χ0) is 14.6. The van der Waals surface area contributed by atoms with Gasteiger partial charge in [0.05, 0.1) is 5.54 Å². The number of anilines is 1. The lowest BCUT2D eigenvalue weighted by Crippen LogP contribution is -2.65. The predicted octanol–water partition coefficient (Wildman–Crippen LogP) is 4.32. The molecule has 0 aliphatic heterocycles. The number of rotatable bonds is 3. The molecule has 114 valence electrons. The minimum Gasteiger partial charge on any atom is -0.378 e. The zero-order valence-corrected chi connectivity index (χ0v) is 14.3. The molecule has 0 unspecified atom stereocenters. The fourth-order valence-corrected chi connectivity index (χ4v) is 6.30. The SMILES string of the molecule is Cc1cc(Br)cc(NC2(CN)C3CC4CC(C3)CC2C4)c1. The molecule has 4 saturated carbocycles. The Morgan fingerprint density at radius 1 is 1.10 bits per heavy atom. The molecule has 0 radical (unpaired) electrons. The molecule has 3 heteroatoms. The molecule has 0 amide bonds. The van der Waals surface area contributed by atoms with Crippen molar-refractivity contribution in [3.05, 3.63) is 28.2 Å². The summed E-state index contributed by atoms with van der Waals surface area (Å²) in [5.74, 6) is 3.52. The molecule has 0 saturated heterocycles. The van der Waals surface area contributed by atoms with Crippen LogP contribution in [0.15, 0.2) is 22.7 Å². The molecule has 1 aromatic rings. The quantitative estimate of drug-likeness (QED) is 0.853. The molecular formula is C18H25BrN2. The van der Waals surface area contributed by atoms with Gasteiger partial charge in [-0.2, -0.15) is 0 Å². The number of hydrogen-bond acceptors (Lipinski definition) is 2. The minimum absolute atomic E-state index is 0.140. The van der Waals surface area contributed by atoms with E-state index in [0.29, 0.717) is 0 Å². The van der Waals surface area contributed by atoms with Crippen LogP contribution in [0.25, 0.3) is 0 Å². The summed E-state index contributed by atoms with van der Waals surface area (Å²) in [6.45, 7) is 2.93. The summed E-state index contributed by atoms with van der Waals surface area (Å²) in [5.41, 5.74) is 9.01. The van der Waals surface area contributed by atoms with Crippen LogP contribution in [0.5, 0.6) is 0 Å². The molecule has 0 atom stereocenters. The van der Waals surface area contributed by atoms with Crippen molar-refractivity contribution < 1.29 is 0 Å². The Labute approximate surface area is 136 Å². The standard InChI is InChI=1S/C18H25BrN2/c1-11-2-16(19)9-17(3-11)21-18(10-20)14-5-12-4-13(7-14)8-15(18)6-12/h2-3,9,12-15,21H,4-8,10,20H2,1H3. The van der Waals surface area contributed by atoms with Crippen molar-refractivity contribution in [2.75, 3.05) is 11.9 Å². The third kappa shape index (κ3) is 2.24. The highest BCUT2D eigenvalue weighted by Crippen LogP contribution is 2.58. The maximum atomic E-state index is 6.34. The van der Waals surface area contributed by atoms with E-state index in [1.165, 1.54) is 43.4 Å². The summed E-state index contributed by atoms with van der Waals surface area (Å²) >= 11 is 3.62. The molecule has 0 aromatic heterocycles. The largest absolute Gasteiger partial charge is 0.378 e. The lowest BCUT2D eigenvalue weighted by Gasteiger charge is -2.61. The van der Waals surface area contributed by atoms with Gasteiger partial charge in [-0.05, 0) is 86.5 Å². The van der Waals surface area contributed by atoms with E-state index in [9.17, 15) is 0 Å². The van der Waals surface area contributed by atoms with Crippen molar-refractivity contribution in [3.63, 3.8) is 0 Å². The van der Waals surface area contributed by atoms with Crippen LogP contribution >= 0.6 is 15.9 Å². The summed E-state index contributed by atoms with van der Waals surface area (Å²) in [4.78, 5) is 0. The normalized spacial score (nSPS) is 40.5. The fraction of sp³-hybridized carbons (Fsp3) is 0.667. The highest BCUT2D eigenvalue weighted by atomic mass is 79.9. The van der Waals surface area contributed by atoms with Crippen LogP contribution < -0.4 is 11.1 Å². The summed E-state index contributed by atoms with van der Waals surface area (Å²) in [6.07, 6.45) is 7.06. The number of halogens is 1. The molecule has 0 heterocycles. The van der Waals surface area contributed by atoms with E-state index in [0.717, 1.165) is 34.7 Å². The second-order valence-electron chi connectivity index (χ2n) is 7.69. The molecule has 0 spiro atoms. The minimum atomic E-state index is 0.140. The monoisotopic (exact) mass is 348 g/mol. The molecule has 4 bridgehead atoms. The van der Waals surface area contributed by atoms with Crippen LogP contribution in [0.3, 0.4) is 0 Å². The van der Waals surface area contributed by atoms with Gasteiger partial charge in [-0.3, -0.25) is 0 Å². The van der Waals surface area contributed by atoms with E-state index in [2.05, 4.69) is 46.4 Å². The van der Waals surface area contributed by atoms with Crippen LogP contribution in [0, 0.1) is 30.6 Å². The fourth-order valence-electron chi connectivity index (χ4n) is 5.69. The van der Waals surface area contributed by atoms with E-state index >= 15 is 0 Å². The molecule has 5 rings (SSSR count). The topological polar surface area (TPSA) is 38.0 Å². The van der Waals surface area contributed by atoms with Gasteiger partial charge in [-0.1, -0.05) is 15.9 Å². The lowest BCUT2D eigenvalue weighted by atomic mass is 9.48. The Bertz CT molecular complexity index is 506. The van der Waals surface area contributed by atoms with Gasteiger partial charge < -0.3 is 11.1 Å². The van der Waals surface area contributed by atoms with Gasteiger partial charge in [-0.15, -0.1) is 0 Å². The van der Waals surface area contributed by atoms with Crippen molar-refractivity contribution >= 4 is 21.6 Å². The molecule has 4 fully saturated rings. The van der Waals surface area contributed by atoms with Crippen molar-refractivity contribution in [2.45, 2.75) is 44.6 Å². The summed E-state index contributed by atoms with van der Waals surface area (Å²) in [5, 5.41) is 3.91. The van der Waals surface area contributed by atoms with Gasteiger partial charge in [-0.25, -0.2) is 0 Å². The number of aryl methyl sites for hydroxylation is 1. The molecule has 4 aliphatic rings. The van der Waals surface area contributed by atoms with Crippen molar-refractivity contribution in [1.29, 1.82) is 0 Å². The van der Waals surface area contributed by atoms with Crippen LogP contribution in [-0.4, -0.2) is 12.1 Å². The average molecular weight is 349 g/mol. The molecule has 21 heavy (non-hydrogen) atoms. The lowest BCUT2D eigenvalue weighted by molar-refractivity contribution is -0.0405. The molecule has 1 aromatic carbocycles. The summed E-state index contributed by atoms with van der Waals surface area (Å²) in [7, 11) is 0. The zero-order valence-electron chi connectivity index (χ0n) is 12.7. The van der Waals surface area contributed by atoms with E-state index in [1.54, 1.807) is 0 Å². The maximum absolute atomic E-state index is 6.34. The van der Waals surface area contributed by atoms with Crippen molar-refractivity contribution in [1.82, 2.24) is 0 Å². The second kappa shape index (κ2) is 4.99. The molecule has 4 aliphatic carbocycles. The first-order valence-corrected chi connectivity index (χ1v) is 9.14. The Morgan fingerprint density at radius 2 is 1.71 bits per heavy atom. The molecule has 2 nitrogen and oxygen atoms in total. The van der Waals surface area contributed by atoms with E-state index in [-0.39, 0.29) is 5.54 Å². The van der Waals surface area contributed by atoms with Gasteiger partial charge in [0.2, 0.25) is 0 Å². The van der Waals surface area contributed by atoms with Gasteiger partial charge >= 0.3 is 0 Å². The third-order valence-electron chi connectivity index (χ3n) is 6.35. The average Bonchev–Trinajstić information content (AvgIpc) is 2.41. The number of nitrogens with two attached hydrogens (primary N) is 1. The first kappa shape index (κ1) is 14.1. The van der Waals surface area contributed by atoms with Crippen LogP contribution in [-0.2, 0) is 0 Å². The van der Waals surface area contributed by atoms with Crippen LogP contribution in [0.2, 0.25) is 0 Å². The number of hydrogen-bond donors (Lipinski definition) is 2. The molecular weight excluding hydrogens is 324 g/mol. The van der Waals surface area contributed by atoms with E-state index < -0.39 is 0 Å². The van der Waals surface area contributed by atoms with Gasteiger partial charge in [0.15, 0.2) is 0 Å². The Morgan fingerprint density at radius 3 is 2.24 bits per heavy atom. The van der Waals surface area contributed by atoms with E-state index in [1.807, 2.05) is 0 Å². The highest BCUT2D eigenvalue weighted by Gasteiger charge is 2.56. The number of nitrogens with one attached hydrogen (secondary N) is 1. The number of benzene rings is 1.